The minimum Gasteiger partial charge on any atom is -0.491 e. The molecule has 0 atom stereocenters. The SMILES string of the molecule is COCCOc1ccc2c(c1)ncn2-c1ccc2cccc(N3CCC(NCC(C)(C)O)CC3)c2n1. The van der Waals surface area contributed by atoms with Crippen LogP contribution in [0, 0.1) is 0 Å². The van der Waals surface area contributed by atoms with E-state index in [9.17, 15) is 5.11 Å². The van der Waals surface area contributed by atoms with Crippen molar-refractivity contribution in [1.29, 1.82) is 0 Å². The lowest BCUT2D eigenvalue weighted by atomic mass is 10.0. The molecule has 2 aromatic heterocycles. The summed E-state index contributed by atoms with van der Waals surface area (Å²) < 4.78 is 12.8. The standard InChI is InChI=1S/C28H35N5O3/c1-28(2,34)18-29-21-11-13-32(14-12-21)25-6-4-5-20-7-10-26(31-27(20)25)33-19-30-23-17-22(8-9-24(23)33)36-16-15-35-3/h4-10,17,19,21,29,34H,11-16,18H2,1-3H3. The van der Waals surface area contributed by atoms with Gasteiger partial charge in [0.2, 0.25) is 0 Å². The first-order valence-corrected chi connectivity index (χ1v) is 12.6. The van der Waals surface area contributed by atoms with Crippen LogP contribution < -0.4 is 15.0 Å². The summed E-state index contributed by atoms with van der Waals surface area (Å²) in [6, 6.07) is 16.9. The van der Waals surface area contributed by atoms with Crippen LogP contribution in [0.5, 0.6) is 5.75 Å². The van der Waals surface area contributed by atoms with Crippen LogP contribution in [0.15, 0.2) is 54.9 Å². The van der Waals surface area contributed by atoms with Crippen molar-refractivity contribution >= 4 is 27.6 Å². The number of hydrogen-bond acceptors (Lipinski definition) is 7. The number of ether oxygens (including phenoxy) is 2. The van der Waals surface area contributed by atoms with E-state index in [0.717, 1.165) is 65.1 Å². The number of methoxy groups -OCH3 is 1. The first kappa shape index (κ1) is 24.5. The third kappa shape index (κ3) is 5.46. The number of aliphatic hydroxyl groups is 1. The van der Waals surface area contributed by atoms with Gasteiger partial charge in [-0.15, -0.1) is 0 Å². The van der Waals surface area contributed by atoms with E-state index in [1.54, 1.807) is 7.11 Å². The zero-order chi connectivity index (χ0) is 25.1. The largest absolute Gasteiger partial charge is 0.491 e. The zero-order valence-electron chi connectivity index (χ0n) is 21.3. The van der Waals surface area contributed by atoms with Gasteiger partial charge in [-0.05, 0) is 57.0 Å². The van der Waals surface area contributed by atoms with Gasteiger partial charge in [0.05, 0.1) is 34.4 Å². The molecule has 1 saturated heterocycles. The Bertz CT molecular complexity index is 1320. The fourth-order valence-electron chi connectivity index (χ4n) is 4.74. The molecular formula is C28H35N5O3. The van der Waals surface area contributed by atoms with Crippen LogP contribution in [0.4, 0.5) is 5.69 Å². The molecule has 0 spiro atoms. The maximum Gasteiger partial charge on any atom is 0.139 e. The number of imidazole rings is 1. The lowest BCUT2D eigenvalue weighted by molar-refractivity contribution is 0.0752. The minimum atomic E-state index is -0.691. The Morgan fingerprint density at radius 1 is 1.08 bits per heavy atom. The second-order valence-corrected chi connectivity index (χ2v) is 10.1. The molecule has 2 N–H and O–H groups in total. The monoisotopic (exact) mass is 489 g/mol. The third-order valence-electron chi connectivity index (χ3n) is 6.66. The molecule has 190 valence electrons. The molecule has 8 heteroatoms. The molecule has 0 bridgehead atoms. The Morgan fingerprint density at radius 2 is 1.92 bits per heavy atom. The van der Waals surface area contributed by atoms with Crippen LogP contribution in [0.3, 0.4) is 0 Å². The third-order valence-corrected chi connectivity index (χ3v) is 6.66. The molecule has 5 rings (SSSR count). The predicted molar refractivity (Wildman–Crippen MR) is 143 cm³/mol. The molecule has 0 aliphatic carbocycles. The van der Waals surface area contributed by atoms with Gasteiger partial charge in [-0.2, -0.15) is 0 Å². The highest BCUT2D eigenvalue weighted by atomic mass is 16.5. The van der Waals surface area contributed by atoms with Crippen LogP contribution >= 0.6 is 0 Å². The lowest BCUT2D eigenvalue weighted by Crippen LogP contribution is -2.46. The summed E-state index contributed by atoms with van der Waals surface area (Å²) in [5.41, 5.74) is 3.31. The van der Waals surface area contributed by atoms with Crippen LogP contribution in [0.25, 0.3) is 27.8 Å². The highest BCUT2D eigenvalue weighted by Gasteiger charge is 2.23. The maximum atomic E-state index is 10.0. The number of pyridine rings is 1. The Morgan fingerprint density at radius 3 is 2.69 bits per heavy atom. The van der Waals surface area contributed by atoms with Crippen molar-refractivity contribution in [2.75, 3.05) is 44.9 Å². The number of nitrogens with one attached hydrogen (secondary N) is 1. The molecule has 1 aliphatic rings. The maximum absolute atomic E-state index is 10.0. The average molecular weight is 490 g/mol. The van der Waals surface area contributed by atoms with Gasteiger partial charge in [0.1, 0.15) is 24.5 Å². The highest BCUT2D eigenvalue weighted by Crippen LogP contribution is 2.30. The summed E-state index contributed by atoms with van der Waals surface area (Å²) >= 11 is 0. The quantitative estimate of drug-likeness (QED) is 0.345. The van der Waals surface area contributed by atoms with E-state index >= 15 is 0 Å². The molecule has 36 heavy (non-hydrogen) atoms. The van der Waals surface area contributed by atoms with Gasteiger partial charge in [-0.25, -0.2) is 9.97 Å². The summed E-state index contributed by atoms with van der Waals surface area (Å²) in [6.45, 7) is 7.25. The molecule has 8 nitrogen and oxygen atoms in total. The summed E-state index contributed by atoms with van der Waals surface area (Å²) in [5.74, 6) is 1.62. The van der Waals surface area contributed by atoms with Gasteiger partial charge < -0.3 is 24.8 Å². The number of piperidine rings is 1. The number of benzene rings is 2. The highest BCUT2D eigenvalue weighted by molar-refractivity contribution is 5.92. The summed E-state index contributed by atoms with van der Waals surface area (Å²) in [4.78, 5) is 12.1. The van der Waals surface area contributed by atoms with Crippen molar-refractivity contribution in [1.82, 2.24) is 19.9 Å². The second kappa shape index (κ2) is 10.4. The van der Waals surface area contributed by atoms with E-state index in [1.807, 2.05) is 49.0 Å². The number of para-hydroxylation sites is 1. The molecular weight excluding hydrogens is 454 g/mol. The Labute approximate surface area is 211 Å². The normalized spacial score (nSPS) is 15.2. The summed E-state index contributed by atoms with van der Waals surface area (Å²) in [5, 5.41) is 14.7. The van der Waals surface area contributed by atoms with Gasteiger partial charge in [0, 0.05) is 44.2 Å². The van der Waals surface area contributed by atoms with Crippen molar-refractivity contribution < 1.29 is 14.6 Å². The number of aromatic nitrogens is 3. The number of fused-ring (bicyclic) bond motifs is 2. The predicted octanol–water partition coefficient (Wildman–Crippen LogP) is 3.93. The molecule has 0 amide bonds. The number of rotatable bonds is 9. The van der Waals surface area contributed by atoms with E-state index in [4.69, 9.17) is 14.5 Å². The molecule has 0 unspecified atom stereocenters. The van der Waals surface area contributed by atoms with E-state index in [-0.39, 0.29) is 0 Å². The lowest BCUT2D eigenvalue weighted by Gasteiger charge is -2.35. The first-order chi connectivity index (χ1) is 17.4. The smallest absolute Gasteiger partial charge is 0.139 e. The Balaban J connectivity index is 1.37. The van der Waals surface area contributed by atoms with E-state index in [1.165, 1.54) is 0 Å². The molecule has 2 aromatic carbocycles. The van der Waals surface area contributed by atoms with Gasteiger partial charge in [-0.1, -0.05) is 12.1 Å². The van der Waals surface area contributed by atoms with Crippen molar-refractivity contribution in [2.45, 2.75) is 38.3 Å². The summed E-state index contributed by atoms with van der Waals surface area (Å²) in [7, 11) is 1.66. The van der Waals surface area contributed by atoms with Gasteiger partial charge >= 0.3 is 0 Å². The zero-order valence-corrected chi connectivity index (χ0v) is 21.3. The Kier molecular flexibility index (Phi) is 7.09. The fraction of sp³-hybridized carbons (Fsp3) is 0.429. The molecule has 1 aliphatic heterocycles. The van der Waals surface area contributed by atoms with Crippen molar-refractivity contribution in [3.8, 4) is 11.6 Å². The fourth-order valence-corrected chi connectivity index (χ4v) is 4.74. The van der Waals surface area contributed by atoms with Crippen molar-refractivity contribution in [2.24, 2.45) is 0 Å². The van der Waals surface area contributed by atoms with Crippen LogP contribution in [-0.4, -0.2) is 71.2 Å². The molecule has 0 radical (unpaired) electrons. The molecule has 0 saturated carbocycles. The Hall–Kier alpha value is -3.20. The van der Waals surface area contributed by atoms with Crippen LogP contribution in [0.2, 0.25) is 0 Å². The number of nitrogens with zero attached hydrogens (tertiary/aromatic N) is 4. The first-order valence-electron chi connectivity index (χ1n) is 12.6. The average Bonchev–Trinajstić information content (AvgIpc) is 3.30. The van der Waals surface area contributed by atoms with E-state index in [0.29, 0.717) is 25.8 Å². The molecule has 3 heterocycles. The van der Waals surface area contributed by atoms with Crippen LogP contribution in [-0.2, 0) is 4.74 Å². The van der Waals surface area contributed by atoms with Gasteiger partial charge in [0.25, 0.3) is 0 Å². The van der Waals surface area contributed by atoms with Crippen LogP contribution in [0.1, 0.15) is 26.7 Å². The van der Waals surface area contributed by atoms with Crippen molar-refractivity contribution in [3.05, 3.63) is 54.9 Å². The molecule has 1 fully saturated rings. The number of hydrogen-bond donors (Lipinski definition) is 2. The topological polar surface area (TPSA) is 84.7 Å². The van der Waals surface area contributed by atoms with Crippen molar-refractivity contribution in [3.63, 3.8) is 0 Å². The van der Waals surface area contributed by atoms with Gasteiger partial charge in [0.15, 0.2) is 0 Å². The molecule has 4 aromatic rings. The van der Waals surface area contributed by atoms with E-state index < -0.39 is 5.60 Å². The second-order valence-electron chi connectivity index (χ2n) is 10.1. The minimum absolute atomic E-state index is 0.423. The number of anilines is 1. The van der Waals surface area contributed by atoms with Gasteiger partial charge in [-0.3, -0.25) is 4.57 Å². The van der Waals surface area contributed by atoms with E-state index in [2.05, 4.69) is 39.5 Å². The summed E-state index contributed by atoms with van der Waals surface area (Å²) in [6.07, 6.45) is 3.89.